The van der Waals surface area contributed by atoms with Crippen molar-refractivity contribution in [3.05, 3.63) is 39.9 Å². The molecule has 1 aromatic rings. The maximum Gasteiger partial charge on any atom is 0.269 e. The molecule has 0 spiro atoms. The molecular formula is C12H18N2O2. The van der Waals surface area contributed by atoms with Gasteiger partial charge in [-0.25, -0.2) is 0 Å². The number of nitro benzene ring substituents is 1. The topological polar surface area (TPSA) is 55.2 Å². The number of rotatable bonds is 5. The summed E-state index contributed by atoms with van der Waals surface area (Å²) < 4.78 is 0. The van der Waals surface area contributed by atoms with E-state index in [0.717, 1.165) is 5.56 Å². The third-order valence-electron chi connectivity index (χ3n) is 2.75. The minimum Gasteiger partial charge on any atom is -0.310 e. The zero-order chi connectivity index (χ0) is 12.1. The van der Waals surface area contributed by atoms with Crippen LogP contribution in [0.3, 0.4) is 0 Å². The highest BCUT2D eigenvalue weighted by atomic mass is 16.6. The Bertz CT molecular complexity index is 364. The molecule has 0 amide bonds. The number of hydrogen-bond acceptors (Lipinski definition) is 3. The van der Waals surface area contributed by atoms with Crippen LogP contribution in [0.15, 0.2) is 24.3 Å². The van der Waals surface area contributed by atoms with E-state index < -0.39 is 0 Å². The van der Waals surface area contributed by atoms with Gasteiger partial charge in [0, 0.05) is 24.7 Å². The van der Waals surface area contributed by atoms with Crippen molar-refractivity contribution < 1.29 is 4.92 Å². The van der Waals surface area contributed by atoms with Crippen molar-refractivity contribution in [1.29, 1.82) is 0 Å². The maximum absolute atomic E-state index is 10.6. The second-order valence-corrected chi connectivity index (χ2v) is 4.34. The lowest BCUT2D eigenvalue weighted by atomic mass is 10.1. The first-order valence-electron chi connectivity index (χ1n) is 5.47. The Balaban J connectivity index is 2.61. The van der Waals surface area contributed by atoms with Crippen molar-refractivity contribution in [2.24, 2.45) is 5.92 Å². The van der Waals surface area contributed by atoms with Crippen LogP contribution in [0.2, 0.25) is 0 Å². The van der Waals surface area contributed by atoms with Crippen LogP contribution in [0.1, 0.15) is 26.3 Å². The third kappa shape index (κ3) is 3.62. The van der Waals surface area contributed by atoms with Gasteiger partial charge in [-0.1, -0.05) is 26.0 Å². The van der Waals surface area contributed by atoms with E-state index in [1.54, 1.807) is 12.1 Å². The predicted octanol–water partition coefficient (Wildman–Crippen LogP) is 2.73. The zero-order valence-electron chi connectivity index (χ0n) is 9.93. The van der Waals surface area contributed by atoms with E-state index in [1.165, 1.54) is 6.07 Å². The van der Waals surface area contributed by atoms with E-state index in [1.807, 2.05) is 6.07 Å². The number of nitrogens with zero attached hydrogens (tertiary/aromatic N) is 1. The second-order valence-electron chi connectivity index (χ2n) is 4.34. The number of hydrogen-bond donors (Lipinski definition) is 1. The lowest BCUT2D eigenvalue weighted by Crippen LogP contribution is -2.30. The zero-order valence-corrected chi connectivity index (χ0v) is 9.93. The average molecular weight is 222 g/mol. The van der Waals surface area contributed by atoms with Crippen LogP contribution in [0.5, 0.6) is 0 Å². The molecule has 1 aromatic carbocycles. The Morgan fingerprint density at radius 2 is 2.06 bits per heavy atom. The molecule has 1 N–H and O–H groups in total. The molecule has 4 heteroatoms. The van der Waals surface area contributed by atoms with Crippen molar-refractivity contribution in [2.45, 2.75) is 33.4 Å². The molecule has 4 nitrogen and oxygen atoms in total. The van der Waals surface area contributed by atoms with Gasteiger partial charge in [0.05, 0.1) is 4.92 Å². The Kier molecular flexibility index (Phi) is 4.43. The predicted molar refractivity (Wildman–Crippen MR) is 64.2 cm³/mol. The number of non-ortho nitro benzene ring substituents is 1. The van der Waals surface area contributed by atoms with Gasteiger partial charge in [-0.05, 0) is 18.4 Å². The lowest BCUT2D eigenvalue weighted by Gasteiger charge is -2.17. The van der Waals surface area contributed by atoms with Gasteiger partial charge in [-0.3, -0.25) is 10.1 Å². The van der Waals surface area contributed by atoms with Gasteiger partial charge >= 0.3 is 0 Å². The molecule has 1 atom stereocenters. The summed E-state index contributed by atoms with van der Waals surface area (Å²) in [5.41, 5.74) is 1.10. The minimum atomic E-state index is -0.366. The smallest absolute Gasteiger partial charge is 0.269 e. The third-order valence-corrected chi connectivity index (χ3v) is 2.75. The fourth-order valence-electron chi connectivity index (χ4n) is 1.29. The summed E-state index contributed by atoms with van der Waals surface area (Å²) in [6, 6.07) is 7.14. The molecule has 16 heavy (non-hydrogen) atoms. The van der Waals surface area contributed by atoms with Gasteiger partial charge in [0.2, 0.25) is 0 Å². The largest absolute Gasteiger partial charge is 0.310 e. The molecule has 0 aliphatic heterocycles. The Morgan fingerprint density at radius 3 is 2.62 bits per heavy atom. The molecule has 0 aliphatic carbocycles. The molecule has 0 aromatic heterocycles. The van der Waals surface area contributed by atoms with Gasteiger partial charge in [-0.15, -0.1) is 0 Å². The highest BCUT2D eigenvalue weighted by molar-refractivity contribution is 5.34. The molecule has 0 bridgehead atoms. The summed E-state index contributed by atoms with van der Waals surface area (Å²) in [6.07, 6.45) is 0. The number of nitrogens with one attached hydrogen (secondary N) is 1. The number of nitro groups is 1. The van der Waals surface area contributed by atoms with Crippen molar-refractivity contribution in [3.63, 3.8) is 0 Å². The first-order valence-corrected chi connectivity index (χ1v) is 5.47. The van der Waals surface area contributed by atoms with Crippen molar-refractivity contribution in [2.75, 3.05) is 0 Å². The standard InChI is InChI=1S/C12H18N2O2/c1-9(2)10(3)13-8-11-5-4-6-12(7-11)14(15)16/h4-7,9-10,13H,8H2,1-3H3. The highest BCUT2D eigenvalue weighted by Crippen LogP contribution is 2.13. The van der Waals surface area contributed by atoms with E-state index in [0.29, 0.717) is 18.5 Å². The monoisotopic (exact) mass is 222 g/mol. The van der Waals surface area contributed by atoms with Gasteiger partial charge in [0.25, 0.3) is 5.69 Å². The van der Waals surface area contributed by atoms with Crippen LogP contribution in [0.4, 0.5) is 5.69 Å². The fraction of sp³-hybridized carbons (Fsp3) is 0.500. The first kappa shape index (κ1) is 12.6. The molecule has 1 unspecified atom stereocenters. The highest BCUT2D eigenvalue weighted by Gasteiger charge is 2.08. The molecule has 0 fully saturated rings. The molecular weight excluding hydrogens is 204 g/mol. The summed E-state index contributed by atoms with van der Waals surface area (Å²) in [4.78, 5) is 10.2. The van der Waals surface area contributed by atoms with Crippen molar-refractivity contribution in [1.82, 2.24) is 5.32 Å². The minimum absolute atomic E-state index is 0.150. The van der Waals surface area contributed by atoms with Crippen LogP contribution in [-0.2, 0) is 6.54 Å². The van der Waals surface area contributed by atoms with Crippen LogP contribution in [0, 0.1) is 16.0 Å². The maximum atomic E-state index is 10.6. The van der Waals surface area contributed by atoms with Crippen LogP contribution in [-0.4, -0.2) is 11.0 Å². The Hall–Kier alpha value is -1.42. The molecule has 88 valence electrons. The van der Waals surface area contributed by atoms with Crippen molar-refractivity contribution in [3.8, 4) is 0 Å². The van der Waals surface area contributed by atoms with Gasteiger partial charge in [0.15, 0.2) is 0 Å². The van der Waals surface area contributed by atoms with Crippen LogP contribution < -0.4 is 5.32 Å². The SMILES string of the molecule is CC(C)C(C)NCc1cccc([N+](=O)[O-])c1. The summed E-state index contributed by atoms with van der Waals surface area (Å²) in [5, 5.41) is 13.9. The van der Waals surface area contributed by atoms with E-state index in [9.17, 15) is 10.1 Å². The first-order chi connectivity index (χ1) is 7.50. The molecule has 0 heterocycles. The van der Waals surface area contributed by atoms with Gasteiger partial charge in [0.1, 0.15) is 0 Å². The summed E-state index contributed by atoms with van der Waals surface area (Å²) in [7, 11) is 0. The summed E-state index contributed by atoms with van der Waals surface area (Å²) in [5.74, 6) is 0.554. The molecule has 0 saturated carbocycles. The quantitative estimate of drug-likeness (QED) is 0.615. The molecule has 1 rings (SSSR count). The lowest BCUT2D eigenvalue weighted by molar-refractivity contribution is -0.384. The van der Waals surface area contributed by atoms with E-state index >= 15 is 0 Å². The van der Waals surface area contributed by atoms with Crippen LogP contribution in [0.25, 0.3) is 0 Å². The van der Waals surface area contributed by atoms with E-state index in [2.05, 4.69) is 26.1 Å². The number of benzene rings is 1. The average Bonchev–Trinajstić information content (AvgIpc) is 2.26. The van der Waals surface area contributed by atoms with Gasteiger partial charge < -0.3 is 5.32 Å². The Labute approximate surface area is 95.8 Å². The van der Waals surface area contributed by atoms with E-state index in [-0.39, 0.29) is 10.6 Å². The fourth-order valence-corrected chi connectivity index (χ4v) is 1.29. The van der Waals surface area contributed by atoms with Crippen LogP contribution >= 0.6 is 0 Å². The summed E-state index contributed by atoms with van der Waals surface area (Å²) >= 11 is 0. The second kappa shape index (κ2) is 5.61. The van der Waals surface area contributed by atoms with Gasteiger partial charge in [-0.2, -0.15) is 0 Å². The molecule has 0 radical (unpaired) electrons. The van der Waals surface area contributed by atoms with E-state index in [4.69, 9.17) is 0 Å². The molecule has 0 saturated heterocycles. The Morgan fingerprint density at radius 1 is 1.38 bits per heavy atom. The normalized spacial score (nSPS) is 12.8. The summed E-state index contributed by atoms with van der Waals surface area (Å²) in [6.45, 7) is 7.07. The van der Waals surface area contributed by atoms with Crippen molar-refractivity contribution >= 4 is 5.69 Å². The molecule has 0 aliphatic rings.